The Morgan fingerprint density at radius 2 is 1.81 bits per heavy atom. The summed E-state index contributed by atoms with van der Waals surface area (Å²) in [6, 6.07) is 11.5. The minimum absolute atomic E-state index is 0.0104. The van der Waals surface area contributed by atoms with Crippen LogP contribution in [0.2, 0.25) is 0 Å². The highest BCUT2D eigenvalue weighted by molar-refractivity contribution is 5.95. The van der Waals surface area contributed by atoms with Crippen LogP contribution >= 0.6 is 0 Å². The summed E-state index contributed by atoms with van der Waals surface area (Å²) in [7, 11) is 0. The summed E-state index contributed by atoms with van der Waals surface area (Å²) in [6.07, 6.45) is 0.0719. The maximum Gasteiger partial charge on any atom is 0.251 e. The SMILES string of the molecule is Cc1nnnn1-c1cc(NC(=O)CCNC(=O)c2ccc(C(C)(C)C)cc2)ccc1F. The molecule has 31 heavy (non-hydrogen) atoms. The van der Waals surface area contributed by atoms with Gasteiger partial charge in [0.25, 0.3) is 5.91 Å². The van der Waals surface area contributed by atoms with E-state index in [9.17, 15) is 14.0 Å². The van der Waals surface area contributed by atoms with Crippen LogP contribution in [0.3, 0.4) is 0 Å². The maximum absolute atomic E-state index is 14.1. The molecule has 162 valence electrons. The van der Waals surface area contributed by atoms with Crippen LogP contribution in [-0.2, 0) is 10.2 Å². The Labute approximate surface area is 179 Å². The van der Waals surface area contributed by atoms with Gasteiger partial charge in [-0.3, -0.25) is 9.59 Å². The predicted octanol–water partition coefficient (Wildman–Crippen LogP) is 3.17. The van der Waals surface area contributed by atoms with Gasteiger partial charge in [0, 0.05) is 24.2 Å². The van der Waals surface area contributed by atoms with Crippen molar-refractivity contribution in [3.8, 4) is 5.69 Å². The van der Waals surface area contributed by atoms with Crippen LogP contribution in [0.15, 0.2) is 42.5 Å². The van der Waals surface area contributed by atoms with Crippen molar-refractivity contribution in [3.05, 3.63) is 65.2 Å². The Morgan fingerprint density at radius 3 is 2.42 bits per heavy atom. The second-order valence-electron chi connectivity index (χ2n) is 8.19. The van der Waals surface area contributed by atoms with Crippen molar-refractivity contribution >= 4 is 17.5 Å². The quantitative estimate of drug-likeness (QED) is 0.633. The Kier molecular flexibility index (Phi) is 6.43. The molecule has 1 aromatic heterocycles. The van der Waals surface area contributed by atoms with Crippen molar-refractivity contribution in [2.24, 2.45) is 0 Å². The Bertz CT molecular complexity index is 1090. The third kappa shape index (κ3) is 5.50. The average molecular weight is 424 g/mol. The van der Waals surface area contributed by atoms with Crippen molar-refractivity contribution in [1.82, 2.24) is 25.5 Å². The van der Waals surface area contributed by atoms with Crippen molar-refractivity contribution in [1.29, 1.82) is 0 Å². The van der Waals surface area contributed by atoms with Crippen molar-refractivity contribution in [2.45, 2.75) is 39.5 Å². The van der Waals surface area contributed by atoms with E-state index in [1.54, 1.807) is 19.1 Å². The van der Waals surface area contributed by atoms with Crippen LogP contribution in [0.4, 0.5) is 10.1 Å². The van der Waals surface area contributed by atoms with Gasteiger partial charge in [0.2, 0.25) is 5.91 Å². The van der Waals surface area contributed by atoms with E-state index in [1.807, 2.05) is 12.1 Å². The number of hydrogen-bond donors (Lipinski definition) is 2. The number of tetrazole rings is 1. The van der Waals surface area contributed by atoms with Crippen LogP contribution < -0.4 is 10.6 Å². The fourth-order valence-electron chi connectivity index (χ4n) is 2.94. The summed E-state index contributed by atoms with van der Waals surface area (Å²) < 4.78 is 15.4. The lowest BCUT2D eigenvalue weighted by atomic mass is 9.87. The molecule has 0 aliphatic heterocycles. The van der Waals surface area contributed by atoms with Gasteiger partial charge >= 0.3 is 0 Å². The van der Waals surface area contributed by atoms with Crippen molar-refractivity contribution < 1.29 is 14.0 Å². The normalized spacial score (nSPS) is 11.3. The first-order valence-electron chi connectivity index (χ1n) is 9.88. The van der Waals surface area contributed by atoms with Gasteiger partial charge in [-0.15, -0.1) is 5.10 Å². The van der Waals surface area contributed by atoms with E-state index in [0.29, 0.717) is 17.1 Å². The van der Waals surface area contributed by atoms with E-state index >= 15 is 0 Å². The number of anilines is 1. The second kappa shape index (κ2) is 9.03. The maximum atomic E-state index is 14.1. The van der Waals surface area contributed by atoms with Gasteiger partial charge in [0.15, 0.2) is 5.82 Å². The summed E-state index contributed by atoms with van der Waals surface area (Å²) in [5.74, 6) is -0.653. The van der Waals surface area contributed by atoms with Gasteiger partial charge in [-0.1, -0.05) is 32.9 Å². The molecule has 2 aromatic carbocycles. The zero-order valence-electron chi connectivity index (χ0n) is 17.9. The van der Waals surface area contributed by atoms with E-state index in [1.165, 1.54) is 22.9 Å². The summed E-state index contributed by atoms with van der Waals surface area (Å²) in [6.45, 7) is 8.13. The van der Waals surface area contributed by atoms with Gasteiger partial charge in [0.05, 0.1) is 0 Å². The molecule has 0 saturated carbocycles. The number of benzene rings is 2. The molecule has 2 amide bonds. The molecule has 0 radical (unpaired) electrons. The second-order valence-corrected chi connectivity index (χ2v) is 8.19. The number of carbonyl (C=O) groups excluding carboxylic acids is 2. The molecule has 3 aromatic rings. The average Bonchev–Trinajstić information content (AvgIpc) is 3.14. The Morgan fingerprint density at radius 1 is 1.10 bits per heavy atom. The number of nitrogens with zero attached hydrogens (tertiary/aromatic N) is 4. The smallest absolute Gasteiger partial charge is 0.251 e. The molecule has 0 unspecified atom stereocenters. The number of rotatable bonds is 6. The van der Waals surface area contributed by atoms with E-state index in [-0.39, 0.29) is 35.9 Å². The molecule has 0 saturated heterocycles. The number of nitrogens with one attached hydrogen (secondary N) is 2. The van der Waals surface area contributed by atoms with Crippen LogP contribution in [0.5, 0.6) is 0 Å². The predicted molar refractivity (Wildman–Crippen MR) is 115 cm³/mol. The van der Waals surface area contributed by atoms with E-state index < -0.39 is 5.82 Å². The fourth-order valence-corrected chi connectivity index (χ4v) is 2.94. The summed E-state index contributed by atoms with van der Waals surface area (Å²) in [4.78, 5) is 24.5. The lowest BCUT2D eigenvalue weighted by molar-refractivity contribution is -0.116. The first-order valence-corrected chi connectivity index (χ1v) is 9.88. The molecular weight excluding hydrogens is 399 g/mol. The summed E-state index contributed by atoms with van der Waals surface area (Å²) in [5, 5.41) is 16.4. The zero-order valence-corrected chi connectivity index (χ0v) is 17.9. The molecule has 0 bridgehead atoms. The monoisotopic (exact) mass is 424 g/mol. The first-order chi connectivity index (χ1) is 14.6. The fraction of sp³-hybridized carbons (Fsp3) is 0.318. The van der Waals surface area contributed by atoms with E-state index in [0.717, 1.165) is 5.56 Å². The van der Waals surface area contributed by atoms with Gasteiger partial charge in [-0.25, -0.2) is 4.39 Å². The molecule has 0 fully saturated rings. The molecule has 8 nitrogen and oxygen atoms in total. The largest absolute Gasteiger partial charge is 0.352 e. The lowest BCUT2D eigenvalue weighted by Gasteiger charge is -2.19. The first kappa shape index (κ1) is 22.1. The van der Waals surface area contributed by atoms with E-state index in [2.05, 4.69) is 46.9 Å². The van der Waals surface area contributed by atoms with Gasteiger partial charge < -0.3 is 10.6 Å². The zero-order chi connectivity index (χ0) is 22.6. The molecule has 0 aliphatic rings. The number of aromatic nitrogens is 4. The third-order valence-corrected chi connectivity index (χ3v) is 4.73. The van der Waals surface area contributed by atoms with Gasteiger partial charge in [-0.2, -0.15) is 4.68 Å². The Balaban J connectivity index is 1.54. The molecule has 1 heterocycles. The minimum atomic E-state index is -0.516. The number of aryl methyl sites for hydroxylation is 1. The summed E-state index contributed by atoms with van der Waals surface area (Å²) in [5.41, 5.74) is 2.22. The van der Waals surface area contributed by atoms with Crippen molar-refractivity contribution in [3.63, 3.8) is 0 Å². The van der Waals surface area contributed by atoms with Crippen molar-refractivity contribution in [2.75, 3.05) is 11.9 Å². The van der Waals surface area contributed by atoms with Crippen LogP contribution in [0.25, 0.3) is 5.69 Å². The van der Waals surface area contributed by atoms with Gasteiger partial charge in [-0.05, 0) is 58.7 Å². The molecule has 0 atom stereocenters. The van der Waals surface area contributed by atoms with E-state index in [4.69, 9.17) is 0 Å². The number of amides is 2. The van der Waals surface area contributed by atoms with Crippen LogP contribution in [0.1, 0.15) is 48.9 Å². The molecule has 2 N–H and O–H groups in total. The van der Waals surface area contributed by atoms with Gasteiger partial charge in [0.1, 0.15) is 11.5 Å². The summed E-state index contributed by atoms with van der Waals surface area (Å²) >= 11 is 0. The molecule has 9 heteroatoms. The third-order valence-electron chi connectivity index (χ3n) is 4.73. The lowest BCUT2D eigenvalue weighted by Crippen LogP contribution is -2.27. The molecule has 0 aliphatic carbocycles. The topological polar surface area (TPSA) is 102 Å². The highest BCUT2D eigenvalue weighted by Gasteiger charge is 2.15. The molecular formula is C22H25FN6O2. The standard InChI is InChI=1S/C22H25FN6O2/c1-14-26-27-28-29(14)19-13-17(9-10-18(19)23)25-20(30)11-12-24-21(31)15-5-7-16(8-6-15)22(2,3)4/h5-10,13H,11-12H2,1-4H3,(H,24,31)(H,25,30). The van der Waals surface area contributed by atoms with Crippen LogP contribution in [0, 0.1) is 12.7 Å². The highest BCUT2D eigenvalue weighted by atomic mass is 19.1. The molecule has 0 spiro atoms. The number of carbonyl (C=O) groups is 2. The Hall–Kier alpha value is -3.62. The minimum Gasteiger partial charge on any atom is -0.352 e. The molecule has 3 rings (SSSR count). The highest BCUT2D eigenvalue weighted by Crippen LogP contribution is 2.22. The number of hydrogen-bond acceptors (Lipinski definition) is 5. The number of halogens is 1. The van der Waals surface area contributed by atoms with Crippen LogP contribution in [-0.4, -0.2) is 38.6 Å².